The number of hydrogen-bond donors (Lipinski definition) is 2. The van der Waals surface area contributed by atoms with Gasteiger partial charge in [0.1, 0.15) is 0 Å². The summed E-state index contributed by atoms with van der Waals surface area (Å²) in [5, 5.41) is 8.29. The Balaban J connectivity index is 1.44. The number of carbonyl (C=O) groups is 1. The number of aromatic nitrogens is 2. The Morgan fingerprint density at radius 2 is 2.07 bits per heavy atom. The fraction of sp³-hybridized carbons (Fsp3) is 0.565. The molecule has 164 valence electrons. The number of benzene rings is 1. The zero-order chi connectivity index (χ0) is 21.7. The number of anilines is 1. The molecule has 7 heteroatoms. The van der Waals surface area contributed by atoms with E-state index in [9.17, 15) is 4.79 Å². The smallest absolute Gasteiger partial charge is 0.253 e. The highest BCUT2D eigenvalue weighted by atomic mass is 32.2. The number of piperidine rings is 1. The third kappa shape index (κ3) is 5.79. The summed E-state index contributed by atoms with van der Waals surface area (Å²) in [5.41, 5.74) is 10.7. The van der Waals surface area contributed by atoms with Crippen molar-refractivity contribution < 1.29 is 4.79 Å². The standard InChI is InChI=1S/C23H35N5OS/c1-5-19(25-23(29)21-8-6-7-16(2)22(21)24)15-30-20-9-11-28(12-10-20)14-18-13-27(4)26-17(18)3/h6-8,13,19-20H,5,9-12,14-15,24H2,1-4H3,(H,25,29). The van der Waals surface area contributed by atoms with Crippen molar-refractivity contribution in [3.8, 4) is 0 Å². The lowest BCUT2D eigenvalue weighted by atomic mass is 10.1. The van der Waals surface area contributed by atoms with Crippen molar-refractivity contribution in [2.75, 3.05) is 24.6 Å². The predicted molar refractivity (Wildman–Crippen MR) is 126 cm³/mol. The minimum absolute atomic E-state index is 0.0645. The first-order valence-corrected chi connectivity index (χ1v) is 11.9. The number of likely N-dealkylation sites (tertiary alicyclic amines) is 1. The number of nitrogens with one attached hydrogen (secondary N) is 1. The molecule has 2 aromatic rings. The summed E-state index contributed by atoms with van der Waals surface area (Å²) in [6.07, 6.45) is 5.44. The van der Waals surface area contributed by atoms with Crippen LogP contribution in [0.25, 0.3) is 0 Å². The molecule has 1 aliphatic heterocycles. The van der Waals surface area contributed by atoms with E-state index in [2.05, 4.69) is 35.4 Å². The van der Waals surface area contributed by atoms with Gasteiger partial charge in [0.05, 0.1) is 11.3 Å². The Labute approximate surface area is 184 Å². The van der Waals surface area contributed by atoms with E-state index < -0.39 is 0 Å². The number of amides is 1. The Morgan fingerprint density at radius 3 is 2.70 bits per heavy atom. The molecule has 1 saturated heterocycles. The summed E-state index contributed by atoms with van der Waals surface area (Å²) in [7, 11) is 1.98. The summed E-state index contributed by atoms with van der Waals surface area (Å²) < 4.78 is 1.90. The molecule has 2 heterocycles. The molecule has 1 atom stereocenters. The third-order valence-electron chi connectivity index (χ3n) is 5.97. The molecule has 0 aliphatic carbocycles. The summed E-state index contributed by atoms with van der Waals surface area (Å²) in [4.78, 5) is 15.2. The average Bonchev–Trinajstić information content (AvgIpc) is 3.04. The topological polar surface area (TPSA) is 76.2 Å². The monoisotopic (exact) mass is 429 g/mol. The first-order valence-electron chi connectivity index (χ1n) is 10.9. The van der Waals surface area contributed by atoms with Gasteiger partial charge in [0, 0.05) is 48.1 Å². The zero-order valence-corrected chi connectivity index (χ0v) is 19.5. The normalized spacial score (nSPS) is 16.5. The lowest BCUT2D eigenvalue weighted by molar-refractivity contribution is 0.0941. The number of nitrogens with zero attached hydrogens (tertiary/aromatic N) is 3. The molecular formula is C23H35N5OS. The molecule has 30 heavy (non-hydrogen) atoms. The maximum atomic E-state index is 12.7. The van der Waals surface area contributed by atoms with Crippen LogP contribution in [0.3, 0.4) is 0 Å². The number of nitrogen functional groups attached to an aromatic ring is 1. The molecule has 1 aromatic heterocycles. The van der Waals surface area contributed by atoms with E-state index in [0.29, 0.717) is 16.5 Å². The molecule has 6 nitrogen and oxygen atoms in total. The van der Waals surface area contributed by atoms with Gasteiger partial charge in [-0.3, -0.25) is 14.4 Å². The van der Waals surface area contributed by atoms with Gasteiger partial charge < -0.3 is 11.1 Å². The van der Waals surface area contributed by atoms with Crippen molar-refractivity contribution in [3.63, 3.8) is 0 Å². The second-order valence-corrected chi connectivity index (χ2v) is 9.67. The summed E-state index contributed by atoms with van der Waals surface area (Å²) in [6.45, 7) is 9.37. The lowest BCUT2D eigenvalue weighted by Gasteiger charge is -2.32. The predicted octanol–water partition coefficient (Wildman–Crippen LogP) is 3.53. The Morgan fingerprint density at radius 1 is 1.33 bits per heavy atom. The fourth-order valence-corrected chi connectivity index (χ4v) is 5.30. The van der Waals surface area contributed by atoms with Gasteiger partial charge in [0.25, 0.3) is 5.91 Å². The number of nitrogens with two attached hydrogens (primary N) is 1. The van der Waals surface area contributed by atoms with E-state index in [1.807, 2.05) is 42.5 Å². The molecule has 0 saturated carbocycles. The van der Waals surface area contributed by atoms with Gasteiger partial charge in [0.15, 0.2) is 0 Å². The van der Waals surface area contributed by atoms with Gasteiger partial charge >= 0.3 is 0 Å². The molecule has 1 unspecified atom stereocenters. The largest absolute Gasteiger partial charge is 0.398 e. The Hall–Kier alpha value is -1.99. The van der Waals surface area contributed by atoms with Crippen LogP contribution in [-0.2, 0) is 13.6 Å². The van der Waals surface area contributed by atoms with Crippen LogP contribution >= 0.6 is 11.8 Å². The highest BCUT2D eigenvalue weighted by molar-refractivity contribution is 7.99. The number of rotatable bonds is 8. The zero-order valence-electron chi connectivity index (χ0n) is 18.6. The van der Waals surface area contributed by atoms with Crippen LogP contribution in [0.2, 0.25) is 0 Å². The molecule has 1 aromatic carbocycles. The molecule has 0 bridgehead atoms. The van der Waals surface area contributed by atoms with Crippen LogP contribution in [0.5, 0.6) is 0 Å². The van der Waals surface area contributed by atoms with Gasteiger partial charge in [-0.2, -0.15) is 16.9 Å². The van der Waals surface area contributed by atoms with E-state index in [1.165, 1.54) is 18.4 Å². The molecule has 0 radical (unpaired) electrons. The number of aryl methyl sites for hydroxylation is 3. The van der Waals surface area contributed by atoms with Gasteiger partial charge in [-0.1, -0.05) is 19.1 Å². The molecule has 1 aliphatic rings. The molecular weight excluding hydrogens is 394 g/mol. The molecule has 3 N–H and O–H groups in total. The first kappa shape index (κ1) is 22.7. The third-order valence-corrected chi connectivity index (χ3v) is 7.51. The summed E-state index contributed by atoms with van der Waals surface area (Å²) >= 11 is 2.00. The second-order valence-electron chi connectivity index (χ2n) is 8.34. The van der Waals surface area contributed by atoms with E-state index >= 15 is 0 Å². The highest BCUT2D eigenvalue weighted by Gasteiger charge is 2.22. The van der Waals surface area contributed by atoms with Crippen LogP contribution in [0.1, 0.15) is 53.4 Å². The Kier molecular flexibility index (Phi) is 7.83. The number of carbonyl (C=O) groups excluding carboxylic acids is 1. The van der Waals surface area contributed by atoms with Crippen molar-refractivity contribution in [1.29, 1.82) is 0 Å². The van der Waals surface area contributed by atoms with Crippen molar-refractivity contribution in [3.05, 3.63) is 46.8 Å². The number of hydrogen-bond acceptors (Lipinski definition) is 5. The van der Waals surface area contributed by atoms with Gasteiger partial charge in [-0.25, -0.2) is 0 Å². The maximum absolute atomic E-state index is 12.7. The van der Waals surface area contributed by atoms with Crippen LogP contribution in [-0.4, -0.2) is 50.7 Å². The Bertz CT molecular complexity index is 857. The molecule has 0 spiro atoms. The van der Waals surface area contributed by atoms with Crippen LogP contribution in [0.4, 0.5) is 5.69 Å². The van der Waals surface area contributed by atoms with Crippen molar-refractivity contribution >= 4 is 23.4 Å². The average molecular weight is 430 g/mol. The van der Waals surface area contributed by atoms with Crippen LogP contribution in [0.15, 0.2) is 24.4 Å². The molecule has 1 fully saturated rings. The summed E-state index contributed by atoms with van der Waals surface area (Å²) in [5.74, 6) is 0.880. The SMILES string of the molecule is CCC(CSC1CCN(Cc2cn(C)nc2C)CC1)NC(=O)c1cccc(C)c1N. The quantitative estimate of drug-likeness (QED) is 0.628. The fourth-order valence-electron chi connectivity index (χ4n) is 3.93. The van der Waals surface area contributed by atoms with E-state index in [4.69, 9.17) is 5.73 Å². The maximum Gasteiger partial charge on any atom is 0.253 e. The van der Waals surface area contributed by atoms with Gasteiger partial charge in [-0.05, 0) is 57.8 Å². The van der Waals surface area contributed by atoms with Crippen LogP contribution < -0.4 is 11.1 Å². The minimum atomic E-state index is -0.0645. The van der Waals surface area contributed by atoms with Gasteiger partial charge in [-0.15, -0.1) is 0 Å². The lowest BCUT2D eigenvalue weighted by Crippen LogP contribution is -2.38. The van der Waals surface area contributed by atoms with Crippen LogP contribution in [0, 0.1) is 13.8 Å². The van der Waals surface area contributed by atoms with Crippen molar-refractivity contribution in [2.45, 2.75) is 57.9 Å². The van der Waals surface area contributed by atoms with E-state index in [0.717, 1.165) is 43.1 Å². The first-order chi connectivity index (χ1) is 14.4. The van der Waals surface area contributed by atoms with E-state index in [1.54, 1.807) is 6.07 Å². The van der Waals surface area contributed by atoms with E-state index in [-0.39, 0.29) is 11.9 Å². The number of thioether (sulfide) groups is 1. The summed E-state index contributed by atoms with van der Waals surface area (Å²) in [6, 6.07) is 5.79. The highest BCUT2D eigenvalue weighted by Crippen LogP contribution is 2.26. The van der Waals surface area contributed by atoms with Gasteiger partial charge in [0.2, 0.25) is 0 Å². The second kappa shape index (κ2) is 10.4. The minimum Gasteiger partial charge on any atom is -0.398 e. The van der Waals surface area contributed by atoms with Crippen molar-refractivity contribution in [1.82, 2.24) is 20.0 Å². The number of para-hydroxylation sites is 1. The molecule has 1 amide bonds. The molecule has 3 rings (SSSR count). The van der Waals surface area contributed by atoms with Crippen molar-refractivity contribution in [2.24, 2.45) is 7.05 Å².